The molecule has 1 aliphatic carbocycles. The molecular formula is C15H21ClFN. The maximum Gasteiger partial charge on any atom is 0.142 e. The first-order chi connectivity index (χ1) is 8.61. The van der Waals surface area contributed by atoms with Gasteiger partial charge in [0.15, 0.2) is 0 Å². The molecule has 2 N–H and O–H groups in total. The SMILES string of the molecule is CC1CCC(CN)C(Cc2cccc(F)c2Cl)C1. The molecule has 0 radical (unpaired) electrons. The van der Waals surface area contributed by atoms with E-state index in [-0.39, 0.29) is 10.8 Å². The van der Waals surface area contributed by atoms with Crippen molar-refractivity contribution in [3.63, 3.8) is 0 Å². The Balaban J connectivity index is 2.13. The number of benzene rings is 1. The summed E-state index contributed by atoms with van der Waals surface area (Å²) >= 11 is 6.03. The molecule has 0 spiro atoms. The van der Waals surface area contributed by atoms with E-state index in [0.29, 0.717) is 11.8 Å². The van der Waals surface area contributed by atoms with Gasteiger partial charge in [-0.15, -0.1) is 0 Å². The van der Waals surface area contributed by atoms with Crippen molar-refractivity contribution in [2.24, 2.45) is 23.5 Å². The van der Waals surface area contributed by atoms with E-state index < -0.39 is 0 Å². The third kappa shape index (κ3) is 3.04. The quantitative estimate of drug-likeness (QED) is 0.881. The number of rotatable bonds is 3. The zero-order valence-corrected chi connectivity index (χ0v) is 11.6. The summed E-state index contributed by atoms with van der Waals surface area (Å²) in [5.41, 5.74) is 6.78. The minimum Gasteiger partial charge on any atom is -0.330 e. The first-order valence-corrected chi connectivity index (χ1v) is 7.12. The van der Waals surface area contributed by atoms with Gasteiger partial charge in [0.2, 0.25) is 0 Å². The van der Waals surface area contributed by atoms with Crippen molar-refractivity contribution in [3.05, 3.63) is 34.6 Å². The topological polar surface area (TPSA) is 26.0 Å². The minimum atomic E-state index is -0.317. The van der Waals surface area contributed by atoms with E-state index in [4.69, 9.17) is 17.3 Å². The first-order valence-electron chi connectivity index (χ1n) is 6.74. The van der Waals surface area contributed by atoms with Gasteiger partial charge in [-0.2, -0.15) is 0 Å². The molecule has 1 saturated carbocycles. The maximum absolute atomic E-state index is 13.4. The Labute approximate surface area is 114 Å². The molecule has 0 aliphatic heterocycles. The van der Waals surface area contributed by atoms with Gasteiger partial charge in [0, 0.05) is 0 Å². The molecule has 0 amide bonds. The predicted molar refractivity (Wildman–Crippen MR) is 74.2 cm³/mol. The van der Waals surface area contributed by atoms with E-state index in [1.807, 2.05) is 6.07 Å². The second-order valence-corrected chi connectivity index (χ2v) is 5.97. The molecular weight excluding hydrogens is 249 g/mol. The van der Waals surface area contributed by atoms with Crippen LogP contribution in [0.1, 0.15) is 31.7 Å². The lowest BCUT2D eigenvalue weighted by atomic mass is 9.72. The van der Waals surface area contributed by atoms with Crippen molar-refractivity contribution < 1.29 is 4.39 Å². The molecule has 0 saturated heterocycles. The van der Waals surface area contributed by atoms with Crippen LogP contribution in [0.15, 0.2) is 18.2 Å². The van der Waals surface area contributed by atoms with Crippen LogP contribution in [0.2, 0.25) is 5.02 Å². The van der Waals surface area contributed by atoms with Crippen LogP contribution in [0, 0.1) is 23.6 Å². The summed E-state index contributed by atoms with van der Waals surface area (Å²) in [6.45, 7) is 3.01. The van der Waals surface area contributed by atoms with Crippen molar-refractivity contribution in [1.29, 1.82) is 0 Å². The van der Waals surface area contributed by atoms with E-state index >= 15 is 0 Å². The standard InChI is InChI=1S/C15H21ClFN/c1-10-5-6-12(9-18)13(7-10)8-11-3-2-4-14(17)15(11)16/h2-4,10,12-13H,5-9,18H2,1H3. The number of hydrogen-bond acceptors (Lipinski definition) is 1. The Bertz CT molecular complexity index is 407. The lowest BCUT2D eigenvalue weighted by Crippen LogP contribution is -2.31. The molecule has 1 nitrogen and oxygen atoms in total. The second kappa shape index (κ2) is 6.03. The Morgan fingerprint density at radius 2 is 2.11 bits per heavy atom. The van der Waals surface area contributed by atoms with Crippen LogP contribution in [0.3, 0.4) is 0 Å². The lowest BCUT2D eigenvalue weighted by Gasteiger charge is -2.34. The lowest BCUT2D eigenvalue weighted by molar-refractivity contribution is 0.193. The van der Waals surface area contributed by atoms with Crippen LogP contribution in [0.5, 0.6) is 0 Å². The second-order valence-electron chi connectivity index (χ2n) is 5.59. The average molecular weight is 270 g/mol. The van der Waals surface area contributed by atoms with Crippen molar-refractivity contribution in [2.45, 2.75) is 32.6 Å². The van der Waals surface area contributed by atoms with Gasteiger partial charge in [-0.3, -0.25) is 0 Å². The van der Waals surface area contributed by atoms with Crippen molar-refractivity contribution >= 4 is 11.6 Å². The maximum atomic E-state index is 13.4. The number of nitrogens with two attached hydrogens (primary N) is 1. The summed E-state index contributed by atoms with van der Waals surface area (Å²) in [6.07, 6.45) is 4.47. The first kappa shape index (κ1) is 13.8. The highest BCUT2D eigenvalue weighted by Gasteiger charge is 2.28. The average Bonchev–Trinajstić information content (AvgIpc) is 2.35. The Morgan fingerprint density at radius 3 is 2.83 bits per heavy atom. The molecule has 18 heavy (non-hydrogen) atoms. The molecule has 0 heterocycles. The molecule has 1 fully saturated rings. The molecule has 0 aromatic heterocycles. The van der Waals surface area contributed by atoms with Crippen LogP contribution < -0.4 is 5.73 Å². The van der Waals surface area contributed by atoms with Crippen molar-refractivity contribution in [2.75, 3.05) is 6.54 Å². The molecule has 1 aliphatic rings. The highest BCUT2D eigenvalue weighted by Crippen LogP contribution is 2.36. The van der Waals surface area contributed by atoms with Gasteiger partial charge in [-0.05, 0) is 55.2 Å². The molecule has 100 valence electrons. The molecule has 1 aromatic carbocycles. The number of hydrogen-bond donors (Lipinski definition) is 1. The third-order valence-corrected chi connectivity index (χ3v) is 4.64. The van der Waals surface area contributed by atoms with Crippen LogP contribution >= 0.6 is 11.6 Å². The van der Waals surface area contributed by atoms with Gasteiger partial charge in [-0.25, -0.2) is 4.39 Å². The smallest absolute Gasteiger partial charge is 0.142 e. The highest BCUT2D eigenvalue weighted by atomic mass is 35.5. The van der Waals surface area contributed by atoms with Crippen LogP contribution in [0.4, 0.5) is 4.39 Å². The molecule has 3 unspecified atom stereocenters. The van der Waals surface area contributed by atoms with Crippen LogP contribution in [-0.4, -0.2) is 6.54 Å². The third-order valence-electron chi connectivity index (χ3n) is 4.22. The van der Waals surface area contributed by atoms with Crippen molar-refractivity contribution in [3.8, 4) is 0 Å². The van der Waals surface area contributed by atoms with E-state index in [2.05, 4.69) is 6.92 Å². The zero-order valence-electron chi connectivity index (χ0n) is 10.8. The van der Waals surface area contributed by atoms with E-state index in [9.17, 15) is 4.39 Å². The predicted octanol–water partition coefficient (Wildman–Crippen LogP) is 4.03. The van der Waals surface area contributed by atoms with E-state index in [1.54, 1.807) is 6.07 Å². The monoisotopic (exact) mass is 269 g/mol. The van der Waals surface area contributed by atoms with Crippen LogP contribution in [-0.2, 0) is 6.42 Å². The fourth-order valence-corrected chi connectivity index (χ4v) is 3.31. The summed E-state index contributed by atoms with van der Waals surface area (Å²) < 4.78 is 13.4. The highest BCUT2D eigenvalue weighted by molar-refractivity contribution is 6.31. The van der Waals surface area contributed by atoms with Gasteiger partial charge in [0.05, 0.1) is 5.02 Å². The number of halogens is 2. The van der Waals surface area contributed by atoms with E-state index in [0.717, 1.165) is 24.4 Å². The van der Waals surface area contributed by atoms with E-state index in [1.165, 1.54) is 25.3 Å². The zero-order chi connectivity index (χ0) is 13.1. The molecule has 1 aromatic rings. The molecule has 3 atom stereocenters. The van der Waals surface area contributed by atoms with Crippen LogP contribution in [0.25, 0.3) is 0 Å². The summed E-state index contributed by atoms with van der Waals surface area (Å²) in [5.74, 6) is 1.52. The molecule has 2 rings (SSSR count). The van der Waals surface area contributed by atoms with Gasteiger partial charge in [-0.1, -0.05) is 37.1 Å². The normalized spacial score (nSPS) is 28.3. The molecule has 0 bridgehead atoms. The Hall–Kier alpha value is -0.600. The largest absolute Gasteiger partial charge is 0.330 e. The van der Waals surface area contributed by atoms with Gasteiger partial charge in [0.1, 0.15) is 5.82 Å². The van der Waals surface area contributed by atoms with Crippen molar-refractivity contribution in [1.82, 2.24) is 0 Å². The van der Waals surface area contributed by atoms with Gasteiger partial charge >= 0.3 is 0 Å². The summed E-state index contributed by atoms with van der Waals surface area (Å²) in [6, 6.07) is 5.08. The summed E-state index contributed by atoms with van der Waals surface area (Å²) in [5, 5.41) is 0.284. The Kier molecular flexibility index (Phi) is 4.63. The Morgan fingerprint density at radius 1 is 1.33 bits per heavy atom. The summed E-state index contributed by atoms with van der Waals surface area (Å²) in [7, 11) is 0. The molecule has 3 heteroatoms. The van der Waals surface area contributed by atoms with Gasteiger partial charge < -0.3 is 5.73 Å². The van der Waals surface area contributed by atoms with Gasteiger partial charge in [0.25, 0.3) is 0 Å². The fraction of sp³-hybridized carbons (Fsp3) is 0.600. The minimum absolute atomic E-state index is 0.284. The fourth-order valence-electron chi connectivity index (χ4n) is 3.11. The summed E-state index contributed by atoms with van der Waals surface area (Å²) in [4.78, 5) is 0.